The van der Waals surface area contributed by atoms with E-state index in [4.69, 9.17) is 0 Å². The first-order chi connectivity index (χ1) is 7.29. The highest BCUT2D eigenvalue weighted by Gasteiger charge is 1.93. The zero-order valence-corrected chi connectivity index (χ0v) is 10.5. The van der Waals surface area contributed by atoms with E-state index in [0.29, 0.717) is 0 Å². The molecule has 0 aliphatic heterocycles. The first kappa shape index (κ1) is 14.1. The van der Waals surface area contributed by atoms with Crippen molar-refractivity contribution in [1.29, 1.82) is 0 Å². The van der Waals surface area contributed by atoms with Gasteiger partial charge in [0, 0.05) is 12.4 Å². The molecule has 1 heterocycles. The maximum absolute atomic E-state index is 4.07. The monoisotopic (exact) mass is 208 g/mol. The number of pyridine rings is 1. The highest BCUT2D eigenvalue weighted by atomic mass is 14.8. The Morgan fingerprint density at radius 2 is 2.07 bits per heavy atom. The third-order valence-corrected chi connectivity index (χ3v) is 1.87. The second kappa shape index (κ2) is 9.66. The summed E-state index contributed by atoms with van der Waals surface area (Å²) in [7, 11) is 0. The van der Waals surface area contributed by atoms with Gasteiger partial charge in [-0.05, 0) is 37.1 Å². The van der Waals surface area contributed by atoms with Crippen LogP contribution in [0.4, 0.5) is 0 Å². The molecule has 0 saturated carbocycles. The van der Waals surface area contributed by atoms with Gasteiger partial charge in [-0.3, -0.25) is 4.98 Å². The third-order valence-electron chi connectivity index (χ3n) is 1.87. The molecule has 1 rings (SSSR count). The minimum atomic E-state index is 0.730. The lowest BCUT2D eigenvalue weighted by atomic mass is 10.2. The molecule has 86 valence electrons. The van der Waals surface area contributed by atoms with Crippen molar-refractivity contribution < 1.29 is 0 Å². The van der Waals surface area contributed by atoms with Crippen LogP contribution in [0, 0.1) is 5.92 Å². The van der Waals surface area contributed by atoms with Crippen LogP contribution >= 0.6 is 0 Å². The molecule has 0 fully saturated rings. The van der Waals surface area contributed by atoms with Crippen molar-refractivity contribution in [2.24, 2.45) is 5.92 Å². The molecule has 1 aromatic heterocycles. The van der Waals surface area contributed by atoms with Crippen LogP contribution in [-0.4, -0.2) is 18.1 Å². The van der Waals surface area contributed by atoms with E-state index < -0.39 is 0 Å². The predicted octanol–water partition coefficient (Wildman–Crippen LogP) is 2.90. The van der Waals surface area contributed by atoms with Crippen LogP contribution in [0.1, 0.15) is 33.3 Å². The van der Waals surface area contributed by atoms with E-state index in [9.17, 15) is 0 Å². The van der Waals surface area contributed by atoms with Crippen LogP contribution in [0.5, 0.6) is 0 Å². The number of aromatic nitrogens is 1. The summed E-state index contributed by atoms with van der Waals surface area (Å²) in [5.41, 5.74) is 1.30. The van der Waals surface area contributed by atoms with Gasteiger partial charge in [0.05, 0.1) is 0 Å². The van der Waals surface area contributed by atoms with Gasteiger partial charge in [-0.1, -0.05) is 33.8 Å². The summed E-state index contributed by atoms with van der Waals surface area (Å²) in [5.74, 6) is 0.730. The SMILES string of the molecule is CC.CC(C)CNCCc1cccnc1. The van der Waals surface area contributed by atoms with Crippen molar-refractivity contribution in [2.45, 2.75) is 34.1 Å². The van der Waals surface area contributed by atoms with E-state index in [1.54, 1.807) is 0 Å². The Kier molecular flexibility index (Phi) is 9.08. The van der Waals surface area contributed by atoms with Crippen molar-refractivity contribution in [1.82, 2.24) is 10.3 Å². The average Bonchev–Trinajstić information content (AvgIpc) is 2.28. The Bertz CT molecular complexity index is 219. The lowest BCUT2D eigenvalue weighted by Gasteiger charge is -2.06. The van der Waals surface area contributed by atoms with Crippen LogP contribution in [0.3, 0.4) is 0 Å². The smallest absolute Gasteiger partial charge is 0.0300 e. The first-order valence-electron chi connectivity index (χ1n) is 5.88. The molecular weight excluding hydrogens is 184 g/mol. The molecule has 15 heavy (non-hydrogen) atoms. The molecule has 0 atom stereocenters. The molecule has 2 nitrogen and oxygen atoms in total. The fraction of sp³-hybridized carbons (Fsp3) is 0.615. The summed E-state index contributed by atoms with van der Waals surface area (Å²) in [6.07, 6.45) is 4.81. The van der Waals surface area contributed by atoms with Crippen molar-refractivity contribution >= 4 is 0 Å². The van der Waals surface area contributed by atoms with E-state index in [1.165, 1.54) is 5.56 Å². The Hall–Kier alpha value is -0.890. The summed E-state index contributed by atoms with van der Waals surface area (Å²) in [6.45, 7) is 10.6. The summed E-state index contributed by atoms with van der Waals surface area (Å²) in [5, 5.41) is 3.41. The second-order valence-corrected chi connectivity index (χ2v) is 3.71. The minimum Gasteiger partial charge on any atom is -0.316 e. The highest BCUT2D eigenvalue weighted by molar-refractivity contribution is 5.08. The van der Waals surface area contributed by atoms with Gasteiger partial charge in [0.2, 0.25) is 0 Å². The van der Waals surface area contributed by atoms with Crippen LogP contribution < -0.4 is 5.32 Å². The molecule has 0 aliphatic carbocycles. The maximum Gasteiger partial charge on any atom is 0.0300 e. The average molecular weight is 208 g/mol. The number of nitrogens with zero attached hydrogens (tertiary/aromatic N) is 1. The van der Waals surface area contributed by atoms with Crippen molar-refractivity contribution in [3.8, 4) is 0 Å². The zero-order valence-electron chi connectivity index (χ0n) is 10.5. The normalized spacial score (nSPS) is 9.67. The lowest BCUT2D eigenvalue weighted by Crippen LogP contribution is -2.22. The summed E-state index contributed by atoms with van der Waals surface area (Å²) < 4.78 is 0. The van der Waals surface area contributed by atoms with Gasteiger partial charge in [0.15, 0.2) is 0 Å². The van der Waals surface area contributed by atoms with E-state index >= 15 is 0 Å². The van der Waals surface area contributed by atoms with Crippen LogP contribution in [-0.2, 0) is 6.42 Å². The maximum atomic E-state index is 4.07. The van der Waals surface area contributed by atoms with Gasteiger partial charge in [-0.2, -0.15) is 0 Å². The fourth-order valence-corrected chi connectivity index (χ4v) is 1.17. The lowest BCUT2D eigenvalue weighted by molar-refractivity contribution is 0.554. The van der Waals surface area contributed by atoms with Crippen LogP contribution in [0.25, 0.3) is 0 Å². The number of hydrogen-bond donors (Lipinski definition) is 1. The molecule has 0 saturated heterocycles. The molecule has 1 N–H and O–H groups in total. The van der Waals surface area contributed by atoms with E-state index in [0.717, 1.165) is 25.4 Å². The van der Waals surface area contributed by atoms with Gasteiger partial charge in [0.1, 0.15) is 0 Å². The number of hydrogen-bond acceptors (Lipinski definition) is 2. The summed E-state index contributed by atoms with van der Waals surface area (Å²) >= 11 is 0. The molecule has 0 spiro atoms. The van der Waals surface area contributed by atoms with Gasteiger partial charge >= 0.3 is 0 Å². The van der Waals surface area contributed by atoms with Crippen molar-refractivity contribution in [2.75, 3.05) is 13.1 Å². The van der Waals surface area contributed by atoms with Crippen LogP contribution in [0.15, 0.2) is 24.5 Å². The molecule has 0 amide bonds. The quantitative estimate of drug-likeness (QED) is 0.753. The van der Waals surface area contributed by atoms with Crippen molar-refractivity contribution in [3.63, 3.8) is 0 Å². The van der Waals surface area contributed by atoms with E-state index in [1.807, 2.05) is 32.3 Å². The van der Waals surface area contributed by atoms with Gasteiger partial charge in [0.25, 0.3) is 0 Å². The van der Waals surface area contributed by atoms with E-state index in [2.05, 4.69) is 30.2 Å². The van der Waals surface area contributed by atoms with Gasteiger partial charge in [-0.15, -0.1) is 0 Å². The zero-order chi connectivity index (χ0) is 11.5. The number of rotatable bonds is 5. The Labute approximate surface area is 94.1 Å². The fourth-order valence-electron chi connectivity index (χ4n) is 1.17. The molecule has 0 bridgehead atoms. The molecule has 0 radical (unpaired) electrons. The Balaban J connectivity index is 0.000000921. The predicted molar refractivity (Wildman–Crippen MR) is 67.0 cm³/mol. The molecule has 1 aromatic rings. The Morgan fingerprint density at radius 1 is 1.33 bits per heavy atom. The third kappa shape index (κ3) is 8.13. The first-order valence-corrected chi connectivity index (χ1v) is 5.88. The summed E-state index contributed by atoms with van der Waals surface area (Å²) in [6, 6.07) is 4.10. The van der Waals surface area contributed by atoms with Gasteiger partial charge in [-0.25, -0.2) is 0 Å². The van der Waals surface area contributed by atoms with Gasteiger partial charge < -0.3 is 5.32 Å². The summed E-state index contributed by atoms with van der Waals surface area (Å²) in [4.78, 5) is 4.07. The van der Waals surface area contributed by atoms with Crippen LogP contribution in [0.2, 0.25) is 0 Å². The largest absolute Gasteiger partial charge is 0.316 e. The second-order valence-electron chi connectivity index (χ2n) is 3.71. The van der Waals surface area contributed by atoms with E-state index in [-0.39, 0.29) is 0 Å². The number of nitrogens with one attached hydrogen (secondary N) is 1. The standard InChI is InChI=1S/C11H18N2.C2H6/c1-10(2)8-13-7-5-11-4-3-6-12-9-11;1-2/h3-4,6,9-10,13H,5,7-8H2,1-2H3;1-2H3. The highest BCUT2D eigenvalue weighted by Crippen LogP contribution is 1.95. The molecular formula is C13H24N2. The molecule has 0 aliphatic rings. The Morgan fingerprint density at radius 3 is 2.60 bits per heavy atom. The topological polar surface area (TPSA) is 24.9 Å². The molecule has 2 heteroatoms. The minimum absolute atomic E-state index is 0.730. The molecule has 0 unspecified atom stereocenters. The van der Waals surface area contributed by atoms with Crippen molar-refractivity contribution in [3.05, 3.63) is 30.1 Å². The molecule has 0 aromatic carbocycles.